The first-order chi connectivity index (χ1) is 15.0. The van der Waals surface area contributed by atoms with E-state index in [0.717, 1.165) is 0 Å². The molecule has 1 aromatic heterocycles. The lowest BCUT2D eigenvalue weighted by Gasteiger charge is -2.10. The van der Waals surface area contributed by atoms with Crippen molar-refractivity contribution in [3.63, 3.8) is 0 Å². The van der Waals surface area contributed by atoms with Crippen LogP contribution in [-0.4, -0.2) is 47.5 Å². The summed E-state index contributed by atoms with van der Waals surface area (Å²) in [5.74, 6) is -1.58. The number of nitrogens with two attached hydrogens (primary N) is 1. The molecule has 0 fully saturated rings. The predicted molar refractivity (Wildman–Crippen MR) is 130 cm³/mol. The highest BCUT2D eigenvalue weighted by Crippen LogP contribution is 2.18. The molecule has 0 amide bonds. The number of halogens is 3. The first-order valence-electron chi connectivity index (χ1n) is 9.01. The number of esters is 2. The second-order valence-electron chi connectivity index (χ2n) is 5.80. The van der Waals surface area contributed by atoms with Crippen molar-refractivity contribution in [2.24, 2.45) is 5.73 Å². The first-order valence-corrected chi connectivity index (χ1v) is 10.6. The van der Waals surface area contributed by atoms with Crippen LogP contribution in [0.4, 0.5) is 0 Å². The van der Waals surface area contributed by atoms with Crippen molar-refractivity contribution in [2.45, 2.75) is 33.3 Å². The second kappa shape index (κ2) is 18.0. The molecule has 13 heteroatoms. The van der Waals surface area contributed by atoms with Gasteiger partial charge in [-0.05, 0) is 39.0 Å². The molecule has 0 bridgehead atoms. The maximum Gasteiger partial charge on any atom is 0.347 e. The van der Waals surface area contributed by atoms with Gasteiger partial charge in [0, 0.05) is 22.2 Å². The van der Waals surface area contributed by atoms with Crippen LogP contribution in [0.1, 0.15) is 42.6 Å². The number of hydrogen-bond acceptors (Lipinski definition) is 9. The standard InChI is InChI=1S/C9H14O5.C7H4Cl2O.C4H5N3S.ClH/c1-4-13-9(12)7(3)14-8(11)5-6(2)10;8-6-2-1-5(4-10)7(9)3-6;5-3(6)4-7-1-2-8-4;/h7H,4-5H2,1-3H3;1-4H;1-2H,(H3,5,6);1H/t7-;;;/m1.../s1. The number of thiazole rings is 1. The van der Waals surface area contributed by atoms with Gasteiger partial charge in [-0.1, -0.05) is 23.2 Å². The Bertz CT molecular complexity index is 926. The van der Waals surface area contributed by atoms with Gasteiger partial charge < -0.3 is 15.2 Å². The number of nitrogens with zero attached hydrogens (tertiary/aromatic N) is 1. The van der Waals surface area contributed by atoms with Crippen molar-refractivity contribution in [1.82, 2.24) is 4.98 Å². The lowest BCUT2D eigenvalue weighted by molar-refractivity contribution is -0.166. The van der Waals surface area contributed by atoms with E-state index in [0.29, 0.717) is 26.9 Å². The van der Waals surface area contributed by atoms with Crippen LogP contribution in [0, 0.1) is 5.41 Å². The molecule has 1 atom stereocenters. The van der Waals surface area contributed by atoms with Crippen LogP contribution in [-0.2, 0) is 23.9 Å². The number of nitrogen functional groups attached to an aromatic ring is 1. The minimum absolute atomic E-state index is 0. The number of carbonyl (C=O) groups is 4. The lowest BCUT2D eigenvalue weighted by atomic mass is 10.2. The summed E-state index contributed by atoms with van der Waals surface area (Å²) in [6.07, 6.45) is 1.05. The monoisotopic (exact) mass is 539 g/mol. The summed E-state index contributed by atoms with van der Waals surface area (Å²) < 4.78 is 9.25. The van der Waals surface area contributed by atoms with Crippen LogP contribution in [0.3, 0.4) is 0 Å². The summed E-state index contributed by atoms with van der Waals surface area (Å²) in [6.45, 7) is 4.56. The van der Waals surface area contributed by atoms with E-state index in [2.05, 4.69) is 14.5 Å². The zero-order valence-electron chi connectivity index (χ0n) is 18.0. The van der Waals surface area contributed by atoms with Crippen molar-refractivity contribution in [1.29, 1.82) is 5.41 Å². The molecule has 1 heterocycles. The number of benzene rings is 1. The van der Waals surface area contributed by atoms with Gasteiger partial charge in [0.2, 0.25) is 0 Å². The van der Waals surface area contributed by atoms with Crippen molar-refractivity contribution in [2.75, 3.05) is 6.61 Å². The lowest BCUT2D eigenvalue weighted by Crippen LogP contribution is -2.26. The molecule has 0 aliphatic heterocycles. The van der Waals surface area contributed by atoms with Crippen LogP contribution < -0.4 is 5.73 Å². The number of ether oxygens (including phenoxy) is 2. The van der Waals surface area contributed by atoms with Crippen LogP contribution in [0.2, 0.25) is 10.0 Å². The van der Waals surface area contributed by atoms with Gasteiger partial charge in [-0.2, -0.15) is 0 Å². The molecule has 1 aromatic carbocycles. The number of Topliss-reactive ketones (excluding diaryl/α,β-unsaturated/α-hetero) is 1. The molecule has 2 rings (SSSR count). The van der Waals surface area contributed by atoms with Gasteiger partial charge in [-0.15, -0.1) is 23.7 Å². The van der Waals surface area contributed by atoms with Crippen LogP contribution >= 0.6 is 46.9 Å². The van der Waals surface area contributed by atoms with Crippen LogP contribution in [0.5, 0.6) is 0 Å². The first kappa shape index (κ1) is 32.6. The third kappa shape index (κ3) is 15.0. The number of amidine groups is 1. The molecule has 0 unspecified atom stereocenters. The molecule has 0 saturated heterocycles. The Morgan fingerprint density at radius 2 is 1.94 bits per heavy atom. The fraction of sp³-hybridized carbons (Fsp3) is 0.300. The molecule has 33 heavy (non-hydrogen) atoms. The largest absolute Gasteiger partial charge is 0.463 e. The molecule has 0 spiro atoms. The van der Waals surface area contributed by atoms with E-state index in [-0.39, 0.29) is 37.1 Å². The smallest absolute Gasteiger partial charge is 0.347 e. The predicted octanol–water partition coefficient (Wildman–Crippen LogP) is 4.12. The average Bonchev–Trinajstić information content (AvgIpc) is 3.24. The maximum absolute atomic E-state index is 11.0. The van der Waals surface area contributed by atoms with Crippen molar-refractivity contribution < 1.29 is 28.7 Å². The molecular weight excluding hydrogens is 517 g/mol. The number of carbonyl (C=O) groups excluding carboxylic acids is 4. The minimum Gasteiger partial charge on any atom is -0.463 e. The Balaban J connectivity index is 0. The van der Waals surface area contributed by atoms with Crippen LogP contribution in [0.15, 0.2) is 29.8 Å². The van der Waals surface area contributed by atoms with Gasteiger partial charge in [-0.3, -0.25) is 19.8 Å². The van der Waals surface area contributed by atoms with E-state index in [1.165, 1.54) is 31.3 Å². The normalized spacial score (nSPS) is 9.97. The number of aromatic nitrogens is 1. The third-order valence-electron chi connectivity index (χ3n) is 3.07. The molecule has 0 aliphatic carbocycles. The highest BCUT2D eigenvalue weighted by Gasteiger charge is 2.19. The van der Waals surface area contributed by atoms with Gasteiger partial charge in [0.05, 0.1) is 11.6 Å². The summed E-state index contributed by atoms with van der Waals surface area (Å²) in [6, 6.07) is 4.74. The fourth-order valence-corrected chi connectivity index (χ4v) is 2.66. The Kier molecular flexibility index (Phi) is 17.8. The molecule has 2 aromatic rings. The molecule has 3 N–H and O–H groups in total. The highest BCUT2D eigenvalue weighted by atomic mass is 35.5. The quantitative estimate of drug-likeness (QED) is 0.175. The summed E-state index contributed by atoms with van der Waals surface area (Å²) in [4.78, 5) is 46.4. The van der Waals surface area contributed by atoms with E-state index in [1.807, 2.05) is 0 Å². The Labute approximate surface area is 211 Å². The number of rotatable bonds is 7. The van der Waals surface area contributed by atoms with Gasteiger partial charge >= 0.3 is 11.9 Å². The van der Waals surface area contributed by atoms with Gasteiger partial charge in [0.1, 0.15) is 12.2 Å². The highest BCUT2D eigenvalue weighted by molar-refractivity contribution is 7.11. The van der Waals surface area contributed by atoms with E-state index < -0.39 is 18.0 Å². The SMILES string of the molecule is CCOC(=O)[C@@H](C)OC(=O)CC(C)=O.Cl.N=C(N)c1nccs1.O=Cc1ccc(Cl)cc1Cl. The molecule has 0 radical (unpaired) electrons. The van der Waals surface area contributed by atoms with Crippen LogP contribution in [0.25, 0.3) is 0 Å². The van der Waals surface area contributed by atoms with E-state index >= 15 is 0 Å². The number of hydrogen-bond donors (Lipinski definition) is 2. The Morgan fingerprint density at radius 1 is 1.30 bits per heavy atom. The summed E-state index contributed by atoms with van der Waals surface area (Å²) in [5, 5.41) is 10.2. The molecule has 182 valence electrons. The molecule has 9 nitrogen and oxygen atoms in total. The summed E-state index contributed by atoms with van der Waals surface area (Å²) >= 11 is 12.6. The maximum atomic E-state index is 11.0. The van der Waals surface area contributed by atoms with Gasteiger partial charge in [0.25, 0.3) is 0 Å². The summed E-state index contributed by atoms with van der Waals surface area (Å²) in [7, 11) is 0. The Hall–Kier alpha value is -2.53. The van der Waals surface area contributed by atoms with Crippen molar-refractivity contribution in [3.05, 3.63) is 50.4 Å². The number of ketones is 1. The Morgan fingerprint density at radius 3 is 2.33 bits per heavy atom. The zero-order chi connectivity index (χ0) is 24.7. The second-order valence-corrected chi connectivity index (χ2v) is 7.54. The molecule has 0 aliphatic rings. The van der Waals surface area contributed by atoms with E-state index in [4.69, 9.17) is 34.3 Å². The van der Waals surface area contributed by atoms with Gasteiger partial charge in [0.15, 0.2) is 23.2 Å². The van der Waals surface area contributed by atoms with Gasteiger partial charge in [-0.25, -0.2) is 9.78 Å². The van der Waals surface area contributed by atoms with E-state index in [1.54, 1.807) is 30.6 Å². The molecule has 0 saturated carbocycles. The number of aldehydes is 1. The van der Waals surface area contributed by atoms with Crippen molar-refractivity contribution in [3.8, 4) is 0 Å². The average molecular weight is 541 g/mol. The summed E-state index contributed by atoms with van der Waals surface area (Å²) in [5.41, 5.74) is 5.55. The third-order valence-corrected chi connectivity index (χ3v) is 4.44. The van der Waals surface area contributed by atoms with E-state index in [9.17, 15) is 19.2 Å². The minimum atomic E-state index is -0.957. The van der Waals surface area contributed by atoms with Crippen molar-refractivity contribution >= 4 is 76.8 Å². The molecular formula is C20H24Cl3N3O6S. The number of nitrogens with one attached hydrogen (secondary N) is 1. The zero-order valence-corrected chi connectivity index (χ0v) is 21.1. The fourth-order valence-electron chi connectivity index (χ4n) is 1.70. The topological polar surface area (TPSA) is 150 Å².